The van der Waals surface area contributed by atoms with Gasteiger partial charge in [0.1, 0.15) is 5.82 Å². The lowest BCUT2D eigenvalue weighted by molar-refractivity contribution is 0.187. The summed E-state index contributed by atoms with van der Waals surface area (Å²) in [7, 11) is -3.42. The highest BCUT2D eigenvalue weighted by Crippen LogP contribution is 2.18. The van der Waals surface area contributed by atoms with Gasteiger partial charge in [0.15, 0.2) is 0 Å². The summed E-state index contributed by atoms with van der Waals surface area (Å²) >= 11 is 0. The predicted molar refractivity (Wildman–Crippen MR) is 110 cm³/mol. The minimum absolute atomic E-state index is 0.114. The van der Waals surface area contributed by atoms with E-state index in [1.165, 1.54) is 28.6 Å². The topological polar surface area (TPSA) is 79.5 Å². The molecule has 158 valence electrons. The number of piperazine rings is 1. The van der Waals surface area contributed by atoms with Crippen molar-refractivity contribution >= 4 is 10.0 Å². The van der Waals surface area contributed by atoms with Gasteiger partial charge < -0.3 is 9.32 Å². The average molecular weight is 431 g/mol. The summed E-state index contributed by atoms with van der Waals surface area (Å²) in [6.07, 6.45) is 0.613. The van der Waals surface area contributed by atoms with Crippen LogP contribution in [0.25, 0.3) is 11.5 Å². The van der Waals surface area contributed by atoms with Gasteiger partial charge in [0.25, 0.3) is 0 Å². The number of hydrogen-bond acceptors (Lipinski definition) is 6. The predicted octanol–water partition coefficient (Wildman–Crippen LogP) is 2.57. The second kappa shape index (κ2) is 9.03. The molecule has 1 fully saturated rings. The second-order valence-corrected chi connectivity index (χ2v) is 9.21. The van der Waals surface area contributed by atoms with Crippen molar-refractivity contribution in [2.75, 3.05) is 32.7 Å². The van der Waals surface area contributed by atoms with Gasteiger partial charge in [-0.15, -0.1) is 10.2 Å². The van der Waals surface area contributed by atoms with Crippen LogP contribution in [0, 0.1) is 5.82 Å². The molecule has 0 unspecified atom stereocenters. The standard InChI is InChI=1S/C21H23FN4O3S/c22-19-8-6-17(7-9-19)16-30(27,28)26-14-12-25(13-15-26)11-10-20-23-24-21(29-20)18-4-2-1-3-5-18/h1-9H,10-16H2. The average Bonchev–Trinajstić information content (AvgIpc) is 3.24. The van der Waals surface area contributed by atoms with Crippen LogP contribution in [0.15, 0.2) is 59.0 Å². The van der Waals surface area contributed by atoms with E-state index in [-0.39, 0.29) is 11.6 Å². The zero-order chi connectivity index (χ0) is 21.0. The first-order valence-electron chi connectivity index (χ1n) is 9.82. The molecule has 1 aromatic heterocycles. The van der Waals surface area contributed by atoms with Gasteiger partial charge >= 0.3 is 0 Å². The smallest absolute Gasteiger partial charge is 0.247 e. The highest BCUT2D eigenvalue weighted by Gasteiger charge is 2.27. The largest absolute Gasteiger partial charge is 0.421 e. The molecular weight excluding hydrogens is 407 g/mol. The van der Waals surface area contributed by atoms with Crippen molar-refractivity contribution in [1.82, 2.24) is 19.4 Å². The van der Waals surface area contributed by atoms with E-state index in [1.807, 2.05) is 30.3 Å². The van der Waals surface area contributed by atoms with E-state index in [1.54, 1.807) is 0 Å². The lowest BCUT2D eigenvalue weighted by Gasteiger charge is -2.33. The van der Waals surface area contributed by atoms with Gasteiger partial charge in [0, 0.05) is 44.7 Å². The van der Waals surface area contributed by atoms with Gasteiger partial charge in [-0.25, -0.2) is 12.8 Å². The molecule has 4 rings (SSSR count). The van der Waals surface area contributed by atoms with Crippen LogP contribution in [0.1, 0.15) is 11.5 Å². The van der Waals surface area contributed by atoms with E-state index in [2.05, 4.69) is 15.1 Å². The Morgan fingerprint density at radius 3 is 2.33 bits per heavy atom. The normalized spacial score (nSPS) is 16.0. The lowest BCUT2D eigenvalue weighted by atomic mass is 10.2. The van der Waals surface area contributed by atoms with Gasteiger partial charge in [0.2, 0.25) is 21.8 Å². The Kier molecular flexibility index (Phi) is 6.21. The monoisotopic (exact) mass is 430 g/mol. The molecular formula is C21H23FN4O3S. The van der Waals surface area contributed by atoms with E-state index in [4.69, 9.17) is 4.42 Å². The molecule has 0 bridgehead atoms. The van der Waals surface area contributed by atoms with Crippen molar-refractivity contribution in [3.05, 3.63) is 71.9 Å². The molecule has 2 aromatic carbocycles. The number of benzene rings is 2. The quantitative estimate of drug-likeness (QED) is 0.573. The summed E-state index contributed by atoms with van der Waals surface area (Å²) in [5.74, 6) is 0.585. The Morgan fingerprint density at radius 1 is 0.933 bits per heavy atom. The minimum atomic E-state index is -3.42. The van der Waals surface area contributed by atoms with E-state index >= 15 is 0 Å². The Hall–Kier alpha value is -2.62. The molecule has 9 heteroatoms. The van der Waals surface area contributed by atoms with Gasteiger partial charge in [-0.1, -0.05) is 30.3 Å². The highest BCUT2D eigenvalue weighted by molar-refractivity contribution is 7.88. The third kappa shape index (κ3) is 5.10. The van der Waals surface area contributed by atoms with Crippen molar-refractivity contribution in [2.24, 2.45) is 0 Å². The third-order valence-electron chi connectivity index (χ3n) is 5.12. The first kappa shape index (κ1) is 20.6. The van der Waals surface area contributed by atoms with Crippen molar-refractivity contribution in [3.63, 3.8) is 0 Å². The van der Waals surface area contributed by atoms with Gasteiger partial charge in [-0.3, -0.25) is 0 Å². The fourth-order valence-electron chi connectivity index (χ4n) is 3.42. The molecule has 3 aromatic rings. The molecule has 7 nitrogen and oxygen atoms in total. The highest BCUT2D eigenvalue weighted by atomic mass is 32.2. The summed E-state index contributed by atoms with van der Waals surface area (Å²) in [6, 6.07) is 15.2. The summed E-state index contributed by atoms with van der Waals surface area (Å²) in [5, 5.41) is 8.20. The molecule has 0 atom stereocenters. The van der Waals surface area contributed by atoms with Crippen LogP contribution >= 0.6 is 0 Å². The fraction of sp³-hybridized carbons (Fsp3) is 0.333. The molecule has 0 saturated carbocycles. The van der Waals surface area contributed by atoms with Crippen LogP contribution in [0.3, 0.4) is 0 Å². The molecule has 0 spiro atoms. The molecule has 0 aliphatic carbocycles. The van der Waals surface area contributed by atoms with Crippen molar-refractivity contribution < 1.29 is 17.2 Å². The van der Waals surface area contributed by atoms with E-state index in [0.29, 0.717) is 49.9 Å². The van der Waals surface area contributed by atoms with Gasteiger partial charge in [-0.05, 0) is 29.8 Å². The number of rotatable bonds is 7. The number of aromatic nitrogens is 2. The molecule has 1 aliphatic heterocycles. The zero-order valence-electron chi connectivity index (χ0n) is 16.4. The van der Waals surface area contributed by atoms with Gasteiger partial charge in [-0.2, -0.15) is 4.31 Å². The van der Waals surface area contributed by atoms with Crippen LogP contribution in [-0.2, 0) is 22.2 Å². The third-order valence-corrected chi connectivity index (χ3v) is 6.97. The Morgan fingerprint density at radius 2 is 1.63 bits per heavy atom. The van der Waals surface area contributed by atoms with Gasteiger partial charge in [0.05, 0.1) is 5.75 Å². The van der Waals surface area contributed by atoms with E-state index in [0.717, 1.165) is 12.1 Å². The zero-order valence-corrected chi connectivity index (χ0v) is 17.3. The Labute approximate surface area is 175 Å². The van der Waals surface area contributed by atoms with Crippen LogP contribution in [0.5, 0.6) is 0 Å². The molecule has 0 radical (unpaired) electrons. The summed E-state index contributed by atoms with van der Waals surface area (Å²) in [4.78, 5) is 2.19. The SMILES string of the molecule is O=S(=O)(Cc1ccc(F)cc1)N1CCN(CCc2nnc(-c3ccccc3)o2)CC1. The minimum Gasteiger partial charge on any atom is -0.421 e. The van der Waals surface area contributed by atoms with Crippen molar-refractivity contribution in [1.29, 1.82) is 0 Å². The summed E-state index contributed by atoms with van der Waals surface area (Å²) in [6.45, 7) is 2.87. The summed E-state index contributed by atoms with van der Waals surface area (Å²) in [5.41, 5.74) is 1.47. The Balaban J connectivity index is 1.26. The Bertz CT molecular complexity index is 1060. The molecule has 1 saturated heterocycles. The fourth-order valence-corrected chi connectivity index (χ4v) is 4.94. The molecule has 30 heavy (non-hydrogen) atoms. The van der Waals surface area contributed by atoms with Crippen LogP contribution in [0.2, 0.25) is 0 Å². The number of hydrogen-bond donors (Lipinski definition) is 0. The molecule has 1 aliphatic rings. The lowest BCUT2D eigenvalue weighted by Crippen LogP contribution is -2.49. The molecule has 2 heterocycles. The number of halogens is 1. The van der Waals surface area contributed by atoms with Crippen molar-refractivity contribution in [3.8, 4) is 11.5 Å². The maximum Gasteiger partial charge on any atom is 0.247 e. The van der Waals surface area contributed by atoms with E-state index < -0.39 is 10.0 Å². The maximum absolute atomic E-state index is 13.0. The number of sulfonamides is 1. The van der Waals surface area contributed by atoms with Crippen LogP contribution in [-0.4, -0.2) is 60.5 Å². The molecule has 0 N–H and O–H groups in total. The first-order valence-corrected chi connectivity index (χ1v) is 11.4. The maximum atomic E-state index is 13.0. The van der Waals surface area contributed by atoms with Crippen LogP contribution in [0.4, 0.5) is 4.39 Å². The van der Waals surface area contributed by atoms with Crippen LogP contribution < -0.4 is 0 Å². The first-order chi connectivity index (χ1) is 14.5. The molecule has 0 amide bonds. The summed E-state index contributed by atoms with van der Waals surface area (Å²) < 4.78 is 45.5. The number of nitrogens with zero attached hydrogens (tertiary/aromatic N) is 4. The van der Waals surface area contributed by atoms with Crippen molar-refractivity contribution in [2.45, 2.75) is 12.2 Å². The second-order valence-electron chi connectivity index (χ2n) is 7.24. The van der Waals surface area contributed by atoms with E-state index in [9.17, 15) is 12.8 Å².